The molecule has 1 saturated heterocycles. The fraction of sp³-hybridized carbons (Fsp3) is 0.643. The molecule has 1 fully saturated rings. The summed E-state index contributed by atoms with van der Waals surface area (Å²) in [5, 5.41) is 3.24. The third-order valence-electron chi connectivity index (χ3n) is 3.60. The van der Waals surface area contributed by atoms with Crippen molar-refractivity contribution in [1.29, 1.82) is 0 Å². The summed E-state index contributed by atoms with van der Waals surface area (Å²) < 4.78 is 5.43. The van der Waals surface area contributed by atoms with Gasteiger partial charge in [-0.15, -0.1) is 0 Å². The van der Waals surface area contributed by atoms with Crippen LogP contribution < -0.4 is 15.0 Å². The lowest BCUT2D eigenvalue weighted by molar-refractivity contribution is 0.395. The molecule has 1 aromatic rings. The van der Waals surface area contributed by atoms with Gasteiger partial charge in [0, 0.05) is 18.8 Å². The second-order valence-corrected chi connectivity index (χ2v) is 4.76. The van der Waals surface area contributed by atoms with Crippen molar-refractivity contribution in [3.8, 4) is 5.75 Å². The van der Waals surface area contributed by atoms with E-state index in [4.69, 9.17) is 4.74 Å². The second kappa shape index (κ2) is 6.59. The van der Waals surface area contributed by atoms with E-state index in [0.717, 1.165) is 31.1 Å². The number of pyridine rings is 1. The van der Waals surface area contributed by atoms with Crippen molar-refractivity contribution in [3.63, 3.8) is 0 Å². The zero-order chi connectivity index (χ0) is 12.8. The zero-order valence-corrected chi connectivity index (χ0v) is 11.4. The van der Waals surface area contributed by atoms with Crippen LogP contribution in [0.25, 0.3) is 0 Å². The average Bonchev–Trinajstić information content (AvgIpc) is 2.45. The highest BCUT2D eigenvalue weighted by molar-refractivity contribution is 5.53. The number of anilines is 1. The van der Waals surface area contributed by atoms with Gasteiger partial charge in [0.05, 0.1) is 7.11 Å². The van der Waals surface area contributed by atoms with E-state index in [2.05, 4.69) is 15.2 Å². The Balaban J connectivity index is 2.16. The van der Waals surface area contributed by atoms with Gasteiger partial charge in [0.1, 0.15) is 0 Å². The molecule has 0 saturated carbocycles. The monoisotopic (exact) mass is 249 g/mol. The van der Waals surface area contributed by atoms with Crippen LogP contribution in [0.1, 0.15) is 25.7 Å². The lowest BCUT2D eigenvalue weighted by Gasteiger charge is -2.37. The Bertz CT molecular complexity index is 370. The molecular weight excluding hydrogens is 226 g/mol. The molecule has 4 nitrogen and oxygen atoms in total. The van der Waals surface area contributed by atoms with E-state index in [9.17, 15) is 0 Å². The molecule has 1 atom stereocenters. The van der Waals surface area contributed by atoms with Crippen LogP contribution in [-0.2, 0) is 0 Å². The van der Waals surface area contributed by atoms with Crippen molar-refractivity contribution in [3.05, 3.63) is 18.3 Å². The van der Waals surface area contributed by atoms with Gasteiger partial charge in [0.25, 0.3) is 0 Å². The van der Waals surface area contributed by atoms with Crippen LogP contribution in [0.4, 0.5) is 5.82 Å². The molecular formula is C14H23N3O. The summed E-state index contributed by atoms with van der Waals surface area (Å²) >= 11 is 0. The molecule has 1 N–H and O–H groups in total. The molecule has 0 radical (unpaired) electrons. The maximum atomic E-state index is 5.43. The van der Waals surface area contributed by atoms with Crippen LogP contribution >= 0.6 is 0 Å². The first-order valence-corrected chi connectivity index (χ1v) is 6.77. The molecule has 0 amide bonds. The van der Waals surface area contributed by atoms with Gasteiger partial charge in [-0.25, -0.2) is 4.98 Å². The molecule has 1 aromatic heterocycles. The maximum absolute atomic E-state index is 5.43. The number of ether oxygens (including phenoxy) is 1. The first-order chi connectivity index (χ1) is 8.86. The van der Waals surface area contributed by atoms with Gasteiger partial charge in [-0.3, -0.25) is 0 Å². The van der Waals surface area contributed by atoms with Crippen molar-refractivity contribution in [2.45, 2.75) is 31.7 Å². The molecule has 0 aromatic carbocycles. The molecule has 2 rings (SSSR count). The van der Waals surface area contributed by atoms with Gasteiger partial charge in [0.2, 0.25) is 0 Å². The minimum Gasteiger partial charge on any atom is -0.493 e. The van der Waals surface area contributed by atoms with E-state index in [1.807, 2.05) is 25.4 Å². The van der Waals surface area contributed by atoms with E-state index in [-0.39, 0.29) is 0 Å². The smallest absolute Gasteiger partial charge is 0.171 e. The predicted molar refractivity (Wildman–Crippen MR) is 74.3 cm³/mol. The highest BCUT2D eigenvalue weighted by Gasteiger charge is 2.25. The third-order valence-corrected chi connectivity index (χ3v) is 3.60. The fourth-order valence-corrected chi connectivity index (χ4v) is 2.65. The lowest BCUT2D eigenvalue weighted by atomic mass is 9.99. The Kier molecular flexibility index (Phi) is 4.81. The van der Waals surface area contributed by atoms with Crippen LogP contribution in [0.5, 0.6) is 5.75 Å². The summed E-state index contributed by atoms with van der Waals surface area (Å²) in [6, 6.07) is 4.50. The summed E-state index contributed by atoms with van der Waals surface area (Å²) in [6.45, 7) is 2.14. The van der Waals surface area contributed by atoms with Crippen molar-refractivity contribution in [2.24, 2.45) is 0 Å². The Morgan fingerprint density at radius 1 is 1.50 bits per heavy atom. The largest absolute Gasteiger partial charge is 0.493 e. The molecule has 2 heterocycles. The predicted octanol–water partition coefficient (Wildman–Crippen LogP) is 2.06. The molecule has 0 aliphatic carbocycles. The van der Waals surface area contributed by atoms with Crippen molar-refractivity contribution in [1.82, 2.24) is 10.3 Å². The number of aromatic nitrogens is 1. The lowest BCUT2D eigenvalue weighted by Crippen LogP contribution is -2.41. The van der Waals surface area contributed by atoms with Crippen LogP contribution in [0, 0.1) is 0 Å². The SMILES string of the molecule is CNCCC1CCCCN1c1ncccc1OC. The first kappa shape index (κ1) is 13.1. The van der Waals surface area contributed by atoms with E-state index in [1.54, 1.807) is 7.11 Å². The number of hydrogen-bond donors (Lipinski definition) is 1. The van der Waals surface area contributed by atoms with Crippen LogP contribution in [0.15, 0.2) is 18.3 Å². The fourth-order valence-electron chi connectivity index (χ4n) is 2.65. The Morgan fingerprint density at radius 3 is 3.17 bits per heavy atom. The van der Waals surface area contributed by atoms with Crippen LogP contribution in [0.3, 0.4) is 0 Å². The molecule has 1 unspecified atom stereocenters. The quantitative estimate of drug-likeness (QED) is 0.866. The number of nitrogens with one attached hydrogen (secondary N) is 1. The van der Waals surface area contributed by atoms with Crippen molar-refractivity contribution >= 4 is 5.82 Å². The highest BCUT2D eigenvalue weighted by atomic mass is 16.5. The molecule has 18 heavy (non-hydrogen) atoms. The van der Waals surface area contributed by atoms with Crippen LogP contribution in [0.2, 0.25) is 0 Å². The van der Waals surface area contributed by atoms with Gasteiger partial charge in [-0.05, 0) is 51.4 Å². The van der Waals surface area contributed by atoms with Gasteiger partial charge in [0.15, 0.2) is 11.6 Å². The normalized spacial score (nSPS) is 19.9. The number of rotatable bonds is 5. The molecule has 1 aliphatic heterocycles. The molecule has 1 aliphatic rings. The van der Waals surface area contributed by atoms with Gasteiger partial charge < -0.3 is 15.0 Å². The summed E-state index contributed by atoms with van der Waals surface area (Å²) in [6.07, 6.45) is 6.83. The minimum atomic E-state index is 0.579. The second-order valence-electron chi connectivity index (χ2n) is 4.76. The summed E-state index contributed by atoms with van der Waals surface area (Å²) in [4.78, 5) is 6.93. The van der Waals surface area contributed by atoms with Gasteiger partial charge in [-0.2, -0.15) is 0 Å². The third kappa shape index (κ3) is 2.93. The van der Waals surface area contributed by atoms with Crippen LogP contribution in [-0.4, -0.2) is 38.3 Å². The zero-order valence-electron chi connectivity index (χ0n) is 11.4. The van der Waals surface area contributed by atoms with E-state index < -0.39 is 0 Å². The average molecular weight is 249 g/mol. The molecule has 4 heteroatoms. The van der Waals surface area contributed by atoms with Crippen molar-refractivity contribution < 1.29 is 4.74 Å². The standard InChI is InChI=1S/C14H23N3O/c1-15-10-8-12-6-3-4-11-17(12)14-13(18-2)7-5-9-16-14/h5,7,9,12,15H,3-4,6,8,10-11H2,1-2H3. The van der Waals surface area contributed by atoms with Gasteiger partial charge >= 0.3 is 0 Å². The van der Waals surface area contributed by atoms with E-state index >= 15 is 0 Å². The Morgan fingerprint density at radius 2 is 2.39 bits per heavy atom. The van der Waals surface area contributed by atoms with E-state index in [0.29, 0.717) is 6.04 Å². The summed E-state index contributed by atoms with van der Waals surface area (Å²) in [7, 11) is 3.72. The van der Waals surface area contributed by atoms with Crippen molar-refractivity contribution in [2.75, 3.05) is 32.1 Å². The molecule has 100 valence electrons. The number of nitrogens with zero attached hydrogens (tertiary/aromatic N) is 2. The summed E-state index contributed by atoms with van der Waals surface area (Å²) in [5.41, 5.74) is 0. The van der Waals surface area contributed by atoms with Gasteiger partial charge in [-0.1, -0.05) is 0 Å². The number of hydrogen-bond acceptors (Lipinski definition) is 4. The van der Waals surface area contributed by atoms with E-state index in [1.165, 1.54) is 19.3 Å². The first-order valence-electron chi connectivity index (χ1n) is 6.77. The highest BCUT2D eigenvalue weighted by Crippen LogP contribution is 2.31. The minimum absolute atomic E-state index is 0.579. The number of piperidine rings is 1. The Labute approximate surface area is 109 Å². The molecule has 0 spiro atoms. The number of methoxy groups -OCH3 is 1. The topological polar surface area (TPSA) is 37.4 Å². The molecule has 0 bridgehead atoms. The summed E-state index contributed by atoms with van der Waals surface area (Å²) in [5.74, 6) is 1.88. The Hall–Kier alpha value is -1.29. The maximum Gasteiger partial charge on any atom is 0.171 e.